The van der Waals surface area contributed by atoms with Gasteiger partial charge in [0.15, 0.2) is 0 Å². The highest BCUT2D eigenvalue weighted by atomic mass is 16.3. The molecule has 1 amide bonds. The summed E-state index contributed by atoms with van der Waals surface area (Å²) in [5.41, 5.74) is -0.0361. The van der Waals surface area contributed by atoms with Gasteiger partial charge in [-0.3, -0.25) is 4.79 Å². The van der Waals surface area contributed by atoms with E-state index in [-0.39, 0.29) is 17.9 Å². The molecule has 3 nitrogen and oxygen atoms in total. The van der Waals surface area contributed by atoms with E-state index in [2.05, 4.69) is 11.9 Å². The summed E-state index contributed by atoms with van der Waals surface area (Å²) >= 11 is 0. The highest BCUT2D eigenvalue weighted by Crippen LogP contribution is 2.17. The molecule has 2 N–H and O–H groups in total. The molecule has 0 unspecified atom stereocenters. The summed E-state index contributed by atoms with van der Waals surface area (Å²) in [6.07, 6.45) is 2.63. The zero-order valence-electron chi connectivity index (χ0n) is 8.47. The highest BCUT2D eigenvalue weighted by molar-refractivity contribution is 5.77. The van der Waals surface area contributed by atoms with Gasteiger partial charge in [-0.25, -0.2) is 0 Å². The SMILES string of the molecule is C=CCC(=O)NCC(C)(C)CCO. The second kappa shape index (κ2) is 5.75. The molecular weight excluding hydrogens is 166 g/mol. The lowest BCUT2D eigenvalue weighted by Gasteiger charge is -2.23. The predicted molar refractivity (Wildman–Crippen MR) is 53.3 cm³/mol. The summed E-state index contributed by atoms with van der Waals surface area (Å²) in [6, 6.07) is 0. The van der Waals surface area contributed by atoms with Crippen LogP contribution in [0.4, 0.5) is 0 Å². The first kappa shape index (κ1) is 12.2. The smallest absolute Gasteiger partial charge is 0.223 e. The zero-order valence-corrected chi connectivity index (χ0v) is 8.47. The minimum absolute atomic E-state index is 0.0129. The molecule has 0 bridgehead atoms. The van der Waals surface area contributed by atoms with Crippen molar-refractivity contribution < 1.29 is 9.90 Å². The van der Waals surface area contributed by atoms with E-state index in [1.807, 2.05) is 13.8 Å². The van der Waals surface area contributed by atoms with Gasteiger partial charge >= 0.3 is 0 Å². The fourth-order valence-corrected chi connectivity index (χ4v) is 0.932. The monoisotopic (exact) mass is 185 g/mol. The van der Waals surface area contributed by atoms with Crippen LogP contribution in [0.15, 0.2) is 12.7 Å². The molecule has 0 aromatic rings. The predicted octanol–water partition coefficient (Wildman–Crippen LogP) is 1.09. The van der Waals surface area contributed by atoms with Gasteiger partial charge in [0.2, 0.25) is 5.91 Å². The van der Waals surface area contributed by atoms with Crippen molar-refractivity contribution in [1.29, 1.82) is 0 Å². The van der Waals surface area contributed by atoms with E-state index in [9.17, 15) is 4.79 Å². The van der Waals surface area contributed by atoms with Gasteiger partial charge in [-0.2, -0.15) is 0 Å². The van der Waals surface area contributed by atoms with Crippen molar-refractivity contribution >= 4 is 5.91 Å². The third-order valence-electron chi connectivity index (χ3n) is 1.88. The van der Waals surface area contributed by atoms with E-state index in [0.717, 1.165) is 0 Å². The van der Waals surface area contributed by atoms with Crippen molar-refractivity contribution in [3.05, 3.63) is 12.7 Å². The largest absolute Gasteiger partial charge is 0.396 e. The molecule has 0 fully saturated rings. The maximum atomic E-state index is 11.0. The minimum Gasteiger partial charge on any atom is -0.396 e. The van der Waals surface area contributed by atoms with E-state index in [0.29, 0.717) is 19.4 Å². The quantitative estimate of drug-likeness (QED) is 0.608. The van der Waals surface area contributed by atoms with Crippen LogP contribution in [0.5, 0.6) is 0 Å². The van der Waals surface area contributed by atoms with Crippen LogP contribution < -0.4 is 5.32 Å². The Kier molecular flexibility index (Phi) is 5.39. The van der Waals surface area contributed by atoms with Crippen LogP contribution in [0.1, 0.15) is 26.7 Å². The maximum Gasteiger partial charge on any atom is 0.223 e. The van der Waals surface area contributed by atoms with Gasteiger partial charge in [-0.1, -0.05) is 19.9 Å². The van der Waals surface area contributed by atoms with Gasteiger partial charge in [0.25, 0.3) is 0 Å². The third-order valence-corrected chi connectivity index (χ3v) is 1.88. The van der Waals surface area contributed by atoms with Gasteiger partial charge < -0.3 is 10.4 Å². The van der Waals surface area contributed by atoms with Crippen LogP contribution in [0, 0.1) is 5.41 Å². The van der Waals surface area contributed by atoms with Crippen molar-refractivity contribution in [1.82, 2.24) is 5.32 Å². The van der Waals surface area contributed by atoms with Crippen LogP contribution in [0.3, 0.4) is 0 Å². The molecule has 0 spiro atoms. The number of aliphatic hydroxyl groups is 1. The van der Waals surface area contributed by atoms with Gasteiger partial charge in [0.1, 0.15) is 0 Å². The lowest BCUT2D eigenvalue weighted by atomic mass is 9.90. The Hall–Kier alpha value is -0.830. The number of nitrogens with one attached hydrogen (secondary N) is 1. The Labute approximate surface area is 79.8 Å². The number of carbonyl (C=O) groups is 1. The van der Waals surface area contributed by atoms with Crippen molar-refractivity contribution in [2.75, 3.05) is 13.2 Å². The number of rotatable bonds is 6. The highest BCUT2D eigenvalue weighted by Gasteiger charge is 2.17. The maximum absolute atomic E-state index is 11.0. The van der Waals surface area contributed by atoms with Crippen molar-refractivity contribution in [3.8, 4) is 0 Å². The second-order valence-electron chi connectivity index (χ2n) is 3.91. The van der Waals surface area contributed by atoms with Crippen LogP contribution in [-0.2, 0) is 4.79 Å². The number of hydrogen-bond donors (Lipinski definition) is 2. The summed E-state index contributed by atoms with van der Waals surface area (Å²) in [5, 5.41) is 11.5. The van der Waals surface area contributed by atoms with Crippen LogP contribution in [0.25, 0.3) is 0 Å². The Morgan fingerprint density at radius 1 is 1.62 bits per heavy atom. The number of aliphatic hydroxyl groups excluding tert-OH is 1. The van der Waals surface area contributed by atoms with Gasteiger partial charge in [-0.15, -0.1) is 6.58 Å². The summed E-state index contributed by atoms with van der Waals surface area (Å²) in [7, 11) is 0. The number of hydrogen-bond acceptors (Lipinski definition) is 2. The average Bonchev–Trinajstić information content (AvgIpc) is 2.02. The van der Waals surface area contributed by atoms with Gasteiger partial charge in [-0.05, 0) is 11.8 Å². The van der Waals surface area contributed by atoms with Crippen LogP contribution in [0.2, 0.25) is 0 Å². The summed E-state index contributed by atoms with van der Waals surface area (Å²) in [6.45, 7) is 8.26. The van der Waals surface area contributed by atoms with E-state index >= 15 is 0 Å². The molecule has 0 aliphatic carbocycles. The summed E-state index contributed by atoms with van der Waals surface area (Å²) in [4.78, 5) is 11.0. The first-order valence-electron chi connectivity index (χ1n) is 4.50. The molecule has 0 saturated carbocycles. The molecule has 0 atom stereocenters. The first-order chi connectivity index (χ1) is 6.02. The van der Waals surface area contributed by atoms with Crippen molar-refractivity contribution in [2.24, 2.45) is 5.41 Å². The van der Waals surface area contributed by atoms with Crippen LogP contribution in [-0.4, -0.2) is 24.2 Å². The normalized spacial score (nSPS) is 11.0. The lowest BCUT2D eigenvalue weighted by molar-refractivity contribution is -0.120. The molecule has 0 radical (unpaired) electrons. The molecular formula is C10H19NO2. The Bertz CT molecular complexity index is 176. The van der Waals surface area contributed by atoms with Crippen LogP contribution >= 0.6 is 0 Å². The molecule has 0 aromatic carbocycles. The molecule has 3 heteroatoms. The third kappa shape index (κ3) is 6.34. The average molecular weight is 185 g/mol. The topological polar surface area (TPSA) is 49.3 Å². The zero-order chi connectivity index (χ0) is 10.3. The number of amides is 1. The second-order valence-corrected chi connectivity index (χ2v) is 3.91. The molecule has 76 valence electrons. The fraction of sp³-hybridized carbons (Fsp3) is 0.700. The molecule has 13 heavy (non-hydrogen) atoms. The van der Waals surface area contributed by atoms with E-state index in [1.54, 1.807) is 6.08 Å². The standard InChI is InChI=1S/C10H19NO2/c1-4-5-9(13)11-8-10(2,3)6-7-12/h4,12H,1,5-8H2,2-3H3,(H,11,13). The van der Waals surface area contributed by atoms with E-state index in [1.165, 1.54) is 0 Å². The summed E-state index contributed by atoms with van der Waals surface area (Å²) in [5.74, 6) is -0.0129. The first-order valence-corrected chi connectivity index (χ1v) is 4.50. The Morgan fingerprint density at radius 3 is 2.69 bits per heavy atom. The Morgan fingerprint density at radius 2 is 2.23 bits per heavy atom. The van der Waals surface area contributed by atoms with E-state index < -0.39 is 0 Å². The molecule has 0 rings (SSSR count). The van der Waals surface area contributed by atoms with Crippen molar-refractivity contribution in [2.45, 2.75) is 26.7 Å². The van der Waals surface area contributed by atoms with Gasteiger partial charge in [0.05, 0.1) is 0 Å². The Balaban J connectivity index is 3.72. The van der Waals surface area contributed by atoms with E-state index in [4.69, 9.17) is 5.11 Å². The van der Waals surface area contributed by atoms with Crippen molar-refractivity contribution in [3.63, 3.8) is 0 Å². The molecule has 0 aromatic heterocycles. The lowest BCUT2D eigenvalue weighted by Crippen LogP contribution is -2.34. The molecule has 0 aliphatic rings. The number of carbonyl (C=O) groups excluding carboxylic acids is 1. The summed E-state index contributed by atoms with van der Waals surface area (Å²) < 4.78 is 0. The molecule has 0 aliphatic heterocycles. The minimum atomic E-state index is -0.0361. The fourth-order valence-electron chi connectivity index (χ4n) is 0.932. The molecule has 0 saturated heterocycles. The van der Waals surface area contributed by atoms with Gasteiger partial charge in [0, 0.05) is 19.6 Å². The molecule has 0 heterocycles.